The Hall–Kier alpha value is -3.18. The summed E-state index contributed by atoms with van der Waals surface area (Å²) in [5, 5.41) is 3.35. The van der Waals surface area contributed by atoms with Crippen molar-refractivity contribution < 1.29 is 9.39 Å². The molecule has 1 saturated heterocycles. The fourth-order valence-corrected chi connectivity index (χ4v) is 4.47. The van der Waals surface area contributed by atoms with Crippen LogP contribution in [0.5, 0.6) is 0 Å². The van der Waals surface area contributed by atoms with E-state index in [1.807, 2.05) is 24.3 Å². The third-order valence-electron chi connectivity index (χ3n) is 6.03. The molecule has 1 radical (unpaired) electrons. The van der Waals surface area contributed by atoms with Crippen LogP contribution in [0.3, 0.4) is 0 Å². The van der Waals surface area contributed by atoms with E-state index in [-0.39, 0.29) is 12.1 Å². The molecule has 3 nitrogen and oxygen atoms in total. The number of hydrogen-bond donors (Lipinski definition) is 1. The van der Waals surface area contributed by atoms with Crippen LogP contribution in [0, 0.1) is 0 Å². The molecule has 5 rings (SSSR count). The molecule has 0 bridgehead atoms. The Labute approximate surface area is 190 Å². The fraction of sp³-hybridized carbons (Fsp3) is 0.143. The van der Waals surface area contributed by atoms with Crippen LogP contribution >= 0.6 is 0 Å². The SMILES string of the molecule is [B]1N[C@H](c2ccccc2)[C@H](COC(c2ccccc2)(c2ccccc2)c2ccccc2)O1. The van der Waals surface area contributed by atoms with Gasteiger partial charge in [0.05, 0.1) is 18.8 Å². The second-order valence-electron chi connectivity index (χ2n) is 7.94. The van der Waals surface area contributed by atoms with Gasteiger partial charge in [-0.25, -0.2) is 0 Å². The van der Waals surface area contributed by atoms with Crippen molar-refractivity contribution in [2.75, 3.05) is 6.61 Å². The largest absolute Gasteiger partial charge is 0.417 e. The summed E-state index contributed by atoms with van der Waals surface area (Å²) in [6, 6.07) is 41.7. The van der Waals surface area contributed by atoms with Crippen LogP contribution in [-0.4, -0.2) is 20.3 Å². The van der Waals surface area contributed by atoms with Crippen LogP contribution in [0.1, 0.15) is 28.3 Å². The summed E-state index contributed by atoms with van der Waals surface area (Å²) in [7, 11) is 1.68. The first-order valence-electron chi connectivity index (χ1n) is 11.0. The van der Waals surface area contributed by atoms with Crippen LogP contribution in [0.15, 0.2) is 121 Å². The molecule has 1 N–H and O–H groups in total. The third kappa shape index (κ3) is 4.01. The van der Waals surface area contributed by atoms with Gasteiger partial charge in [-0.1, -0.05) is 121 Å². The number of rotatable bonds is 7. The van der Waals surface area contributed by atoms with E-state index in [2.05, 4.69) is 102 Å². The summed E-state index contributed by atoms with van der Waals surface area (Å²) < 4.78 is 12.9. The van der Waals surface area contributed by atoms with E-state index in [9.17, 15) is 0 Å². The van der Waals surface area contributed by atoms with E-state index in [4.69, 9.17) is 9.39 Å². The van der Waals surface area contributed by atoms with Crippen LogP contribution < -0.4 is 5.23 Å². The Balaban J connectivity index is 1.56. The molecule has 1 heterocycles. The van der Waals surface area contributed by atoms with Gasteiger partial charge in [0.15, 0.2) is 0 Å². The van der Waals surface area contributed by atoms with Crippen molar-refractivity contribution in [2.45, 2.75) is 17.7 Å². The maximum atomic E-state index is 6.94. The summed E-state index contributed by atoms with van der Waals surface area (Å²) in [5.74, 6) is 0. The van der Waals surface area contributed by atoms with Crippen molar-refractivity contribution in [1.29, 1.82) is 0 Å². The average Bonchev–Trinajstić information content (AvgIpc) is 3.36. The molecule has 0 aromatic heterocycles. The van der Waals surface area contributed by atoms with Crippen LogP contribution in [0.4, 0.5) is 0 Å². The minimum Gasteiger partial charge on any atom is -0.417 e. The molecule has 1 fully saturated rings. The van der Waals surface area contributed by atoms with Crippen molar-refractivity contribution in [2.24, 2.45) is 0 Å². The molecule has 4 aromatic rings. The lowest BCUT2D eigenvalue weighted by atomic mass is 9.80. The highest BCUT2D eigenvalue weighted by Gasteiger charge is 2.40. The second kappa shape index (κ2) is 9.53. The van der Waals surface area contributed by atoms with E-state index >= 15 is 0 Å². The summed E-state index contributed by atoms with van der Waals surface area (Å²) in [6.45, 7) is 0.418. The predicted molar refractivity (Wildman–Crippen MR) is 128 cm³/mol. The highest BCUT2D eigenvalue weighted by molar-refractivity contribution is 6.24. The zero-order valence-electron chi connectivity index (χ0n) is 17.8. The Morgan fingerprint density at radius 3 is 1.56 bits per heavy atom. The van der Waals surface area contributed by atoms with Gasteiger partial charge < -0.3 is 14.6 Å². The average molecular weight is 418 g/mol. The van der Waals surface area contributed by atoms with E-state index < -0.39 is 5.60 Å². The lowest BCUT2D eigenvalue weighted by molar-refractivity contribution is -0.0302. The molecule has 1 aliphatic rings. The standard InChI is InChI=1S/C28H25BNO2/c1-5-13-22(14-6-1)27-26(32-29-30-27)21-31-28(23-15-7-2-8-16-23,24-17-9-3-10-18-24)25-19-11-4-12-20-25/h1-20,26-27,30H,21H2/t26-,27+/m0/s1. The lowest BCUT2D eigenvalue weighted by Crippen LogP contribution is -2.37. The molecule has 0 amide bonds. The number of benzene rings is 4. The zero-order chi connectivity index (χ0) is 21.6. The van der Waals surface area contributed by atoms with E-state index in [1.165, 1.54) is 5.56 Å². The van der Waals surface area contributed by atoms with E-state index in [1.54, 1.807) is 7.62 Å². The van der Waals surface area contributed by atoms with E-state index in [0.29, 0.717) is 6.61 Å². The maximum absolute atomic E-state index is 6.94. The topological polar surface area (TPSA) is 30.5 Å². The van der Waals surface area contributed by atoms with Crippen molar-refractivity contribution >= 4 is 7.62 Å². The van der Waals surface area contributed by atoms with E-state index in [0.717, 1.165) is 16.7 Å². The number of hydrogen-bond acceptors (Lipinski definition) is 3. The van der Waals surface area contributed by atoms with Gasteiger partial charge >= 0.3 is 7.62 Å². The summed E-state index contributed by atoms with van der Waals surface area (Å²) >= 11 is 0. The molecule has 4 heteroatoms. The molecule has 0 unspecified atom stereocenters. The molecule has 0 aliphatic carbocycles. The highest BCUT2D eigenvalue weighted by Crippen LogP contribution is 2.41. The molecule has 1 aliphatic heterocycles. The summed E-state index contributed by atoms with van der Waals surface area (Å²) in [6.07, 6.45) is -0.145. The first-order chi connectivity index (χ1) is 15.9. The molecule has 32 heavy (non-hydrogen) atoms. The Morgan fingerprint density at radius 2 is 1.09 bits per heavy atom. The minimum atomic E-state index is -0.753. The number of ether oxygens (including phenoxy) is 1. The highest BCUT2D eigenvalue weighted by atomic mass is 16.5. The molecule has 0 saturated carbocycles. The molecular formula is C28H25BNO2. The summed E-state index contributed by atoms with van der Waals surface area (Å²) in [4.78, 5) is 0. The van der Waals surface area contributed by atoms with Crippen molar-refractivity contribution in [1.82, 2.24) is 5.23 Å². The fourth-order valence-electron chi connectivity index (χ4n) is 4.47. The van der Waals surface area contributed by atoms with Gasteiger partial charge in [0.2, 0.25) is 0 Å². The number of nitrogens with one attached hydrogen (secondary N) is 1. The molecule has 0 spiro atoms. The quantitative estimate of drug-likeness (QED) is 0.328. The Bertz CT molecular complexity index is 1010. The normalized spacial score (nSPS) is 18.2. The Kier molecular flexibility index (Phi) is 6.17. The van der Waals surface area contributed by atoms with Crippen molar-refractivity contribution in [3.05, 3.63) is 144 Å². The Morgan fingerprint density at radius 1 is 0.656 bits per heavy atom. The molecule has 157 valence electrons. The van der Waals surface area contributed by atoms with Crippen LogP contribution in [0.25, 0.3) is 0 Å². The summed E-state index contributed by atoms with van der Waals surface area (Å²) in [5.41, 5.74) is 3.69. The smallest absolute Gasteiger partial charge is 0.396 e. The zero-order valence-corrected chi connectivity index (χ0v) is 17.8. The van der Waals surface area contributed by atoms with Gasteiger partial charge in [0, 0.05) is 0 Å². The minimum absolute atomic E-state index is 0.0382. The van der Waals surface area contributed by atoms with Gasteiger partial charge in [0.25, 0.3) is 0 Å². The van der Waals surface area contributed by atoms with Gasteiger partial charge in [-0.15, -0.1) is 0 Å². The third-order valence-corrected chi connectivity index (χ3v) is 6.03. The molecule has 2 atom stereocenters. The van der Waals surface area contributed by atoms with Crippen molar-refractivity contribution in [3.63, 3.8) is 0 Å². The predicted octanol–water partition coefficient (Wildman–Crippen LogP) is 5.26. The van der Waals surface area contributed by atoms with Crippen LogP contribution in [0.2, 0.25) is 0 Å². The molecular weight excluding hydrogens is 393 g/mol. The van der Waals surface area contributed by atoms with Gasteiger partial charge in [-0.3, -0.25) is 0 Å². The molecule has 4 aromatic carbocycles. The first kappa shape index (κ1) is 20.7. The van der Waals surface area contributed by atoms with Gasteiger partial charge in [-0.05, 0) is 22.3 Å². The maximum Gasteiger partial charge on any atom is 0.396 e. The van der Waals surface area contributed by atoms with Gasteiger partial charge in [0.1, 0.15) is 5.60 Å². The van der Waals surface area contributed by atoms with Gasteiger partial charge in [-0.2, -0.15) is 0 Å². The van der Waals surface area contributed by atoms with Crippen LogP contribution in [-0.2, 0) is 15.0 Å². The monoisotopic (exact) mass is 418 g/mol. The van der Waals surface area contributed by atoms with Crippen molar-refractivity contribution in [3.8, 4) is 0 Å². The first-order valence-corrected chi connectivity index (χ1v) is 11.0. The lowest BCUT2D eigenvalue weighted by Gasteiger charge is -2.37. The second-order valence-corrected chi connectivity index (χ2v) is 7.94.